The highest BCUT2D eigenvalue weighted by Crippen LogP contribution is 2.26. The molecule has 0 bridgehead atoms. The molecule has 3 atom stereocenters. The Labute approximate surface area is 118 Å². The molecule has 1 amide bonds. The summed E-state index contributed by atoms with van der Waals surface area (Å²) >= 11 is 1.64. The van der Waals surface area contributed by atoms with Crippen LogP contribution >= 0.6 is 11.8 Å². The van der Waals surface area contributed by atoms with E-state index in [4.69, 9.17) is 5.73 Å². The van der Waals surface area contributed by atoms with Crippen molar-refractivity contribution in [3.63, 3.8) is 0 Å². The minimum absolute atomic E-state index is 0.212. The van der Waals surface area contributed by atoms with E-state index in [0.717, 1.165) is 18.6 Å². The Morgan fingerprint density at radius 3 is 2.74 bits per heavy atom. The van der Waals surface area contributed by atoms with Crippen LogP contribution in [0.3, 0.4) is 0 Å². The van der Waals surface area contributed by atoms with E-state index in [2.05, 4.69) is 6.92 Å². The number of nitrogens with two attached hydrogens (primary N) is 1. The summed E-state index contributed by atoms with van der Waals surface area (Å²) in [6.07, 6.45) is 4.95. The molecule has 19 heavy (non-hydrogen) atoms. The summed E-state index contributed by atoms with van der Waals surface area (Å²) in [5.74, 6) is 0.0860. The number of nitrogens with zero attached hydrogens (tertiary/aromatic N) is 1. The molecule has 0 radical (unpaired) electrons. The van der Waals surface area contributed by atoms with Gasteiger partial charge in [-0.1, -0.05) is 13.3 Å². The zero-order chi connectivity index (χ0) is 14.4. The van der Waals surface area contributed by atoms with Gasteiger partial charge in [0.1, 0.15) is 6.04 Å². The fraction of sp³-hybridized carbons (Fsp3) is 0.846. The quantitative estimate of drug-likeness (QED) is 0.766. The summed E-state index contributed by atoms with van der Waals surface area (Å²) < 4.78 is 0. The molecule has 2 unspecified atom stereocenters. The van der Waals surface area contributed by atoms with Crippen LogP contribution < -0.4 is 5.73 Å². The fourth-order valence-electron chi connectivity index (χ4n) is 2.49. The van der Waals surface area contributed by atoms with Crippen molar-refractivity contribution in [3.8, 4) is 0 Å². The molecule has 1 saturated heterocycles. The maximum absolute atomic E-state index is 12.2. The van der Waals surface area contributed by atoms with Crippen LogP contribution in [-0.2, 0) is 9.59 Å². The van der Waals surface area contributed by atoms with Crippen LogP contribution in [0.25, 0.3) is 0 Å². The van der Waals surface area contributed by atoms with Gasteiger partial charge in [0.15, 0.2) is 0 Å². The number of amides is 1. The number of carboxylic acids is 1. The van der Waals surface area contributed by atoms with E-state index in [9.17, 15) is 14.7 Å². The molecule has 5 nitrogen and oxygen atoms in total. The highest BCUT2D eigenvalue weighted by Gasteiger charge is 2.37. The summed E-state index contributed by atoms with van der Waals surface area (Å²) in [6.45, 7) is 2.58. The predicted octanol–water partition coefficient (Wildman–Crippen LogP) is 1.17. The van der Waals surface area contributed by atoms with Crippen LogP contribution in [-0.4, -0.2) is 52.5 Å². The lowest BCUT2D eigenvalue weighted by Gasteiger charge is -2.38. The number of thioether (sulfide) groups is 1. The lowest BCUT2D eigenvalue weighted by molar-refractivity contribution is -0.153. The first kappa shape index (κ1) is 16.3. The number of rotatable bonds is 6. The molecule has 3 N–H and O–H groups in total. The average Bonchev–Trinajstić information content (AvgIpc) is 2.43. The molecule has 0 aromatic rings. The number of likely N-dealkylation sites (tertiary alicyclic amines) is 1. The Morgan fingerprint density at radius 2 is 2.21 bits per heavy atom. The van der Waals surface area contributed by atoms with E-state index in [0.29, 0.717) is 25.3 Å². The maximum Gasteiger partial charge on any atom is 0.326 e. The standard InChI is InChI=1S/C13H24N2O3S/c1-3-9-4-6-15(11(8-9)13(17)18)12(16)10(14)5-7-19-2/h9-11H,3-8,14H2,1-2H3,(H,17,18)/t9?,10-,11?/m0/s1. The number of piperidine rings is 1. The van der Waals surface area contributed by atoms with Crippen LogP contribution in [0.1, 0.15) is 32.6 Å². The van der Waals surface area contributed by atoms with E-state index >= 15 is 0 Å². The lowest BCUT2D eigenvalue weighted by Crippen LogP contribution is -2.55. The SMILES string of the molecule is CCC1CCN(C(=O)[C@@H](N)CCSC)C(C(=O)O)C1. The smallest absolute Gasteiger partial charge is 0.326 e. The molecule has 6 heteroatoms. The third-order valence-electron chi connectivity index (χ3n) is 3.81. The highest BCUT2D eigenvalue weighted by atomic mass is 32.2. The second-order valence-corrected chi connectivity index (χ2v) is 6.06. The van der Waals surface area contributed by atoms with E-state index in [-0.39, 0.29) is 5.91 Å². The topological polar surface area (TPSA) is 83.6 Å². The third kappa shape index (κ3) is 4.38. The number of hydrogen-bond donors (Lipinski definition) is 2. The summed E-state index contributed by atoms with van der Waals surface area (Å²) in [7, 11) is 0. The molecule has 1 aliphatic heterocycles. The van der Waals surface area contributed by atoms with Gasteiger partial charge in [0.05, 0.1) is 6.04 Å². The molecule has 1 aliphatic rings. The van der Waals surface area contributed by atoms with Crippen molar-refractivity contribution in [1.29, 1.82) is 0 Å². The third-order valence-corrected chi connectivity index (χ3v) is 4.45. The fourth-order valence-corrected chi connectivity index (χ4v) is 2.98. The minimum atomic E-state index is -0.913. The number of carboxylic acid groups (broad SMARTS) is 1. The number of aliphatic carboxylic acids is 1. The Kier molecular flexibility index (Phi) is 6.65. The molecule has 0 aliphatic carbocycles. The number of hydrogen-bond acceptors (Lipinski definition) is 4. The van der Waals surface area contributed by atoms with Crippen molar-refractivity contribution in [3.05, 3.63) is 0 Å². The van der Waals surface area contributed by atoms with E-state index in [1.54, 1.807) is 11.8 Å². The van der Waals surface area contributed by atoms with Crippen molar-refractivity contribution in [2.24, 2.45) is 11.7 Å². The van der Waals surface area contributed by atoms with Crippen molar-refractivity contribution in [1.82, 2.24) is 4.90 Å². The molecule has 1 heterocycles. The second kappa shape index (κ2) is 7.75. The first-order valence-electron chi connectivity index (χ1n) is 6.79. The molecule has 110 valence electrons. The van der Waals surface area contributed by atoms with Gasteiger partial charge >= 0.3 is 5.97 Å². The van der Waals surface area contributed by atoms with Crippen LogP contribution in [0.15, 0.2) is 0 Å². The Hall–Kier alpha value is -0.750. The van der Waals surface area contributed by atoms with Crippen LogP contribution in [0.5, 0.6) is 0 Å². The number of carbonyl (C=O) groups excluding carboxylic acids is 1. The van der Waals surface area contributed by atoms with Gasteiger partial charge in [-0.3, -0.25) is 4.79 Å². The molecular formula is C13H24N2O3S. The minimum Gasteiger partial charge on any atom is -0.480 e. The first-order chi connectivity index (χ1) is 9.01. The largest absolute Gasteiger partial charge is 0.480 e. The first-order valence-corrected chi connectivity index (χ1v) is 8.18. The Balaban J connectivity index is 2.68. The van der Waals surface area contributed by atoms with Crippen molar-refractivity contribution < 1.29 is 14.7 Å². The zero-order valence-corrected chi connectivity index (χ0v) is 12.5. The summed E-state index contributed by atoms with van der Waals surface area (Å²) in [4.78, 5) is 25.0. The van der Waals surface area contributed by atoms with Crippen molar-refractivity contribution in [2.75, 3.05) is 18.6 Å². The van der Waals surface area contributed by atoms with Crippen LogP contribution in [0, 0.1) is 5.92 Å². The molecule has 1 rings (SSSR count). The molecule has 0 aromatic heterocycles. The molecule has 1 fully saturated rings. The van der Waals surface area contributed by atoms with Crippen LogP contribution in [0.2, 0.25) is 0 Å². The van der Waals surface area contributed by atoms with E-state index in [1.807, 2.05) is 6.26 Å². The average molecular weight is 288 g/mol. The van der Waals surface area contributed by atoms with Gasteiger partial charge in [-0.05, 0) is 37.2 Å². The van der Waals surface area contributed by atoms with Gasteiger partial charge in [0.2, 0.25) is 5.91 Å². The molecule has 0 saturated carbocycles. The summed E-state index contributed by atoms with van der Waals surface area (Å²) in [5, 5.41) is 9.29. The van der Waals surface area contributed by atoms with Gasteiger partial charge < -0.3 is 15.7 Å². The maximum atomic E-state index is 12.2. The van der Waals surface area contributed by atoms with E-state index < -0.39 is 18.1 Å². The van der Waals surface area contributed by atoms with Gasteiger partial charge in [-0.15, -0.1) is 0 Å². The lowest BCUT2D eigenvalue weighted by atomic mass is 9.88. The van der Waals surface area contributed by atoms with Crippen LogP contribution in [0.4, 0.5) is 0 Å². The molecule has 0 aromatic carbocycles. The van der Waals surface area contributed by atoms with Gasteiger partial charge in [0.25, 0.3) is 0 Å². The molecular weight excluding hydrogens is 264 g/mol. The monoisotopic (exact) mass is 288 g/mol. The molecule has 0 spiro atoms. The van der Waals surface area contributed by atoms with Gasteiger partial charge in [-0.25, -0.2) is 4.79 Å². The second-order valence-electron chi connectivity index (χ2n) is 5.07. The Bertz CT molecular complexity index is 325. The van der Waals surface area contributed by atoms with E-state index in [1.165, 1.54) is 4.90 Å². The zero-order valence-electron chi connectivity index (χ0n) is 11.7. The van der Waals surface area contributed by atoms with Gasteiger partial charge in [-0.2, -0.15) is 11.8 Å². The summed E-state index contributed by atoms with van der Waals surface area (Å²) in [6, 6.07) is -1.28. The normalized spacial score (nSPS) is 25.1. The summed E-state index contributed by atoms with van der Waals surface area (Å²) in [5.41, 5.74) is 5.87. The van der Waals surface area contributed by atoms with Gasteiger partial charge in [0, 0.05) is 6.54 Å². The number of carbonyl (C=O) groups is 2. The highest BCUT2D eigenvalue weighted by molar-refractivity contribution is 7.98. The van der Waals surface area contributed by atoms with Crippen molar-refractivity contribution in [2.45, 2.75) is 44.7 Å². The predicted molar refractivity (Wildman–Crippen MR) is 77.1 cm³/mol. The van der Waals surface area contributed by atoms with Crippen molar-refractivity contribution >= 4 is 23.6 Å². The Morgan fingerprint density at radius 1 is 1.53 bits per heavy atom.